The van der Waals surface area contributed by atoms with Gasteiger partial charge < -0.3 is 15.5 Å². The second kappa shape index (κ2) is 9.74. The first kappa shape index (κ1) is 22.3. The van der Waals surface area contributed by atoms with Gasteiger partial charge in [-0.25, -0.2) is 9.37 Å². The second-order valence-corrected chi connectivity index (χ2v) is 9.04. The van der Waals surface area contributed by atoms with Crippen molar-refractivity contribution in [1.29, 1.82) is 0 Å². The number of fused-ring (bicyclic) bond motifs is 1. The van der Waals surface area contributed by atoms with Crippen LogP contribution in [0.1, 0.15) is 36.0 Å². The van der Waals surface area contributed by atoms with E-state index in [1.165, 1.54) is 12.1 Å². The molecule has 3 aromatic rings. The number of carbonyl (C=O) groups excluding carboxylic acids is 1. The average Bonchev–Trinajstić information content (AvgIpc) is 2.78. The highest BCUT2D eigenvalue weighted by Gasteiger charge is 2.23. The van der Waals surface area contributed by atoms with Gasteiger partial charge in [0.15, 0.2) is 0 Å². The minimum atomic E-state index is -0.448. The van der Waals surface area contributed by atoms with Crippen LogP contribution in [-0.2, 0) is 0 Å². The number of amides is 1. The highest BCUT2D eigenvalue weighted by molar-refractivity contribution is 6.33. The number of nitrogens with one attached hydrogen (secondary N) is 2. The van der Waals surface area contributed by atoms with Gasteiger partial charge in [-0.1, -0.05) is 29.8 Å². The summed E-state index contributed by atoms with van der Waals surface area (Å²) in [6, 6.07) is 14.5. The van der Waals surface area contributed by atoms with Crippen LogP contribution in [0.15, 0.2) is 48.5 Å². The zero-order chi connectivity index (χ0) is 22.7. The molecule has 0 saturated heterocycles. The number of para-hydroxylation sites is 1. The van der Waals surface area contributed by atoms with E-state index in [-0.39, 0.29) is 10.9 Å². The molecule has 168 valence electrons. The van der Waals surface area contributed by atoms with Gasteiger partial charge in [0, 0.05) is 43.8 Å². The van der Waals surface area contributed by atoms with Crippen LogP contribution in [0.25, 0.3) is 10.9 Å². The molecule has 0 aliphatic heterocycles. The number of carbonyl (C=O) groups is 1. The fourth-order valence-electron chi connectivity index (χ4n) is 4.33. The minimum absolute atomic E-state index is 0.135. The van der Waals surface area contributed by atoms with Crippen LogP contribution in [0.4, 0.5) is 15.9 Å². The summed E-state index contributed by atoms with van der Waals surface area (Å²) in [6.07, 6.45) is 4.07. The van der Waals surface area contributed by atoms with Crippen molar-refractivity contribution in [3.8, 4) is 0 Å². The molecule has 1 fully saturated rings. The highest BCUT2D eigenvalue weighted by atomic mass is 35.5. The zero-order valence-electron chi connectivity index (χ0n) is 18.4. The molecule has 1 aliphatic carbocycles. The lowest BCUT2D eigenvalue weighted by Gasteiger charge is -2.30. The molecular weight excluding hydrogens is 427 g/mol. The molecule has 0 unspecified atom stereocenters. The summed E-state index contributed by atoms with van der Waals surface area (Å²) in [5.41, 5.74) is 2.44. The Balaban J connectivity index is 1.32. The molecule has 1 amide bonds. The lowest BCUT2D eigenvalue weighted by atomic mass is 9.86. The first-order valence-electron chi connectivity index (χ1n) is 11.0. The van der Waals surface area contributed by atoms with Crippen molar-refractivity contribution in [2.24, 2.45) is 5.92 Å². The first-order valence-corrected chi connectivity index (χ1v) is 11.4. The number of anilines is 2. The maximum Gasteiger partial charge on any atom is 0.252 e. The molecule has 0 atom stereocenters. The van der Waals surface area contributed by atoms with Crippen molar-refractivity contribution in [2.75, 3.05) is 30.9 Å². The Morgan fingerprint density at radius 2 is 1.88 bits per heavy atom. The predicted molar refractivity (Wildman–Crippen MR) is 129 cm³/mol. The summed E-state index contributed by atoms with van der Waals surface area (Å²) in [6.45, 7) is 0.595. The third kappa shape index (κ3) is 5.13. The quantitative estimate of drug-likeness (QED) is 0.516. The fourth-order valence-corrected chi connectivity index (χ4v) is 4.58. The number of aromatic nitrogens is 1. The number of nitrogens with zero attached hydrogens (tertiary/aromatic N) is 2. The van der Waals surface area contributed by atoms with E-state index in [9.17, 15) is 9.18 Å². The van der Waals surface area contributed by atoms with E-state index in [0.29, 0.717) is 24.1 Å². The largest absolute Gasteiger partial charge is 0.377 e. The highest BCUT2D eigenvalue weighted by Crippen LogP contribution is 2.30. The van der Waals surface area contributed by atoms with Gasteiger partial charge in [0.05, 0.1) is 16.1 Å². The number of rotatable bonds is 6. The molecular formula is C25H28ClFN4O. The van der Waals surface area contributed by atoms with Gasteiger partial charge >= 0.3 is 0 Å². The molecule has 1 aliphatic rings. The lowest BCUT2D eigenvalue weighted by Crippen LogP contribution is -2.34. The number of benzene rings is 2. The van der Waals surface area contributed by atoms with Crippen molar-refractivity contribution in [3.63, 3.8) is 0 Å². The predicted octanol–water partition coefficient (Wildman–Crippen LogP) is 5.49. The normalized spacial score (nSPS) is 18.4. The third-order valence-corrected chi connectivity index (χ3v) is 6.41. The summed E-state index contributed by atoms with van der Waals surface area (Å²) >= 11 is 5.99. The molecule has 0 radical (unpaired) electrons. The minimum Gasteiger partial charge on any atom is -0.377 e. The average molecular weight is 455 g/mol. The van der Waals surface area contributed by atoms with Crippen molar-refractivity contribution >= 4 is 39.9 Å². The van der Waals surface area contributed by atoms with Crippen molar-refractivity contribution in [2.45, 2.75) is 31.7 Å². The molecule has 7 heteroatoms. The molecule has 4 rings (SSSR count). The number of hydrogen-bond donors (Lipinski definition) is 2. The maximum absolute atomic E-state index is 13.2. The van der Waals surface area contributed by atoms with Crippen molar-refractivity contribution < 1.29 is 9.18 Å². The van der Waals surface area contributed by atoms with Gasteiger partial charge in [-0.3, -0.25) is 4.79 Å². The fraction of sp³-hybridized carbons (Fsp3) is 0.360. The van der Waals surface area contributed by atoms with E-state index < -0.39 is 5.82 Å². The second-order valence-electron chi connectivity index (χ2n) is 8.63. The van der Waals surface area contributed by atoms with Crippen LogP contribution >= 0.6 is 11.6 Å². The molecule has 5 nitrogen and oxygen atoms in total. The summed E-state index contributed by atoms with van der Waals surface area (Å²) in [5, 5.41) is 7.84. The van der Waals surface area contributed by atoms with Gasteiger partial charge in [-0.2, -0.15) is 0 Å². The molecule has 1 heterocycles. The lowest BCUT2D eigenvalue weighted by molar-refractivity contribution is 0.0943. The Morgan fingerprint density at radius 3 is 2.59 bits per heavy atom. The molecule has 1 saturated carbocycles. The molecule has 2 aromatic carbocycles. The zero-order valence-corrected chi connectivity index (χ0v) is 19.1. The molecule has 0 spiro atoms. The molecule has 32 heavy (non-hydrogen) atoms. The summed E-state index contributed by atoms with van der Waals surface area (Å²) in [4.78, 5) is 19.3. The Morgan fingerprint density at radius 1 is 1.12 bits per heavy atom. The van der Waals surface area contributed by atoms with Gasteiger partial charge in [-0.15, -0.1) is 0 Å². The smallest absolute Gasteiger partial charge is 0.252 e. The van der Waals surface area contributed by atoms with Crippen LogP contribution in [0.2, 0.25) is 5.02 Å². The van der Waals surface area contributed by atoms with Crippen LogP contribution in [0.3, 0.4) is 0 Å². The number of hydrogen-bond acceptors (Lipinski definition) is 4. The van der Waals surface area contributed by atoms with E-state index >= 15 is 0 Å². The number of pyridine rings is 1. The van der Waals surface area contributed by atoms with Crippen LogP contribution in [0, 0.1) is 11.7 Å². The van der Waals surface area contributed by atoms with Crippen molar-refractivity contribution in [1.82, 2.24) is 10.3 Å². The maximum atomic E-state index is 13.2. The van der Waals surface area contributed by atoms with E-state index in [1.807, 2.05) is 32.3 Å². The Hall–Kier alpha value is -2.86. The summed E-state index contributed by atoms with van der Waals surface area (Å²) < 4.78 is 13.2. The molecule has 1 aromatic heterocycles. The Labute approximate surface area is 193 Å². The monoisotopic (exact) mass is 454 g/mol. The third-order valence-electron chi connectivity index (χ3n) is 6.10. The van der Waals surface area contributed by atoms with E-state index in [1.54, 1.807) is 0 Å². The topological polar surface area (TPSA) is 57.3 Å². The summed E-state index contributed by atoms with van der Waals surface area (Å²) in [7, 11) is 4.09. The van der Waals surface area contributed by atoms with E-state index in [2.05, 4.69) is 27.7 Å². The van der Waals surface area contributed by atoms with Gasteiger partial charge in [0.1, 0.15) is 11.6 Å². The summed E-state index contributed by atoms with van der Waals surface area (Å²) in [5.74, 6) is 0.607. The SMILES string of the molecule is CN(C)c1cc(N[C@H]2CC[C@@H](CNC(=O)c3ccc(F)cc3Cl)CC2)nc2ccccc12. The van der Waals surface area contributed by atoms with Crippen LogP contribution in [-0.4, -0.2) is 37.6 Å². The molecule has 0 bridgehead atoms. The number of halogens is 2. The Kier molecular flexibility index (Phi) is 6.80. The van der Waals surface area contributed by atoms with Crippen LogP contribution in [0.5, 0.6) is 0 Å². The molecule has 2 N–H and O–H groups in total. The van der Waals surface area contributed by atoms with Crippen LogP contribution < -0.4 is 15.5 Å². The van der Waals surface area contributed by atoms with Crippen molar-refractivity contribution in [3.05, 3.63) is 64.9 Å². The standard InChI is InChI=1S/C25H28ClFN4O/c1-31(2)23-14-24(30-22-6-4-3-5-20(22)23)29-18-10-7-16(8-11-18)15-28-25(32)19-12-9-17(27)13-21(19)26/h3-6,9,12-14,16,18H,7-8,10-11,15H2,1-2H3,(H,28,32)(H,29,30)/t16-,18+. The van der Waals surface area contributed by atoms with Gasteiger partial charge in [-0.05, 0) is 55.9 Å². The Bertz CT molecular complexity index is 1110. The van der Waals surface area contributed by atoms with E-state index in [0.717, 1.165) is 54.2 Å². The van der Waals surface area contributed by atoms with E-state index in [4.69, 9.17) is 16.6 Å². The first-order chi connectivity index (χ1) is 15.4. The van der Waals surface area contributed by atoms with Gasteiger partial charge in [0.2, 0.25) is 0 Å². The van der Waals surface area contributed by atoms with Gasteiger partial charge in [0.25, 0.3) is 5.91 Å².